The molecule has 2 aromatic rings. The molecule has 2 rings (SSSR count). The van der Waals surface area contributed by atoms with Gasteiger partial charge in [-0.25, -0.2) is 4.79 Å². The second-order valence-corrected chi connectivity index (χ2v) is 6.02. The normalized spacial score (nSPS) is 11.0. The van der Waals surface area contributed by atoms with Gasteiger partial charge in [-0.2, -0.15) is 13.2 Å². The molecule has 1 amide bonds. The van der Waals surface area contributed by atoms with Gasteiger partial charge in [0.05, 0.1) is 31.8 Å². The smallest absolute Gasteiger partial charge is 0.418 e. The van der Waals surface area contributed by atoms with Crippen molar-refractivity contribution in [2.75, 3.05) is 11.9 Å². The first kappa shape index (κ1) is 21.5. The number of benzene rings is 2. The Morgan fingerprint density at radius 3 is 2.43 bits per heavy atom. The summed E-state index contributed by atoms with van der Waals surface area (Å²) in [6, 6.07) is 5.92. The summed E-state index contributed by atoms with van der Waals surface area (Å²) in [5, 5.41) is 12.1. The number of carbonyl (C=O) groups is 2. The minimum atomic E-state index is -4.78. The third-order valence-electron chi connectivity index (χ3n) is 3.30. The summed E-state index contributed by atoms with van der Waals surface area (Å²) in [5.74, 6) is -2.27. The highest BCUT2D eigenvalue weighted by Gasteiger charge is 2.34. The van der Waals surface area contributed by atoms with Crippen molar-refractivity contribution in [2.24, 2.45) is 0 Å². The molecule has 0 atom stereocenters. The van der Waals surface area contributed by atoms with E-state index in [2.05, 4.69) is 4.74 Å². The van der Waals surface area contributed by atoms with Crippen LogP contribution in [0, 0.1) is 10.1 Å². The summed E-state index contributed by atoms with van der Waals surface area (Å²) in [7, 11) is 0. The molecule has 148 valence electrons. The van der Waals surface area contributed by atoms with Gasteiger partial charge in [-0.05, 0) is 18.2 Å². The van der Waals surface area contributed by atoms with Gasteiger partial charge in [0.2, 0.25) is 0 Å². The molecule has 28 heavy (non-hydrogen) atoms. The number of esters is 1. The molecule has 0 unspecified atom stereocenters. The molecule has 0 aliphatic carbocycles. The van der Waals surface area contributed by atoms with Crippen molar-refractivity contribution in [3.8, 4) is 0 Å². The summed E-state index contributed by atoms with van der Waals surface area (Å²) in [6.45, 7) is -0.972. The van der Waals surface area contributed by atoms with Crippen LogP contribution in [0.1, 0.15) is 15.9 Å². The van der Waals surface area contributed by atoms with Crippen LogP contribution in [0.4, 0.5) is 24.5 Å². The number of nitrogens with one attached hydrogen (secondary N) is 1. The highest BCUT2D eigenvalue weighted by Crippen LogP contribution is 2.38. The minimum absolute atomic E-state index is 0.165. The van der Waals surface area contributed by atoms with E-state index < -0.39 is 46.5 Å². The van der Waals surface area contributed by atoms with Crippen molar-refractivity contribution in [3.05, 3.63) is 67.7 Å². The van der Waals surface area contributed by atoms with Crippen LogP contribution in [0.15, 0.2) is 36.4 Å². The number of non-ortho nitro benzene ring substituents is 1. The van der Waals surface area contributed by atoms with Crippen LogP contribution in [0.25, 0.3) is 0 Å². The number of nitrogens with zero attached hydrogens (tertiary/aromatic N) is 1. The summed E-state index contributed by atoms with van der Waals surface area (Å²) in [5.41, 5.74) is -2.68. The number of carbonyl (C=O) groups excluding carboxylic acids is 2. The average Bonchev–Trinajstić information content (AvgIpc) is 2.60. The van der Waals surface area contributed by atoms with Crippen LogP contribution in [0.5, 0.6) is 0 Å². The van der Waals surface area contributed by atoms with Crippen molar-refractivity contribution >= 4 is 46.5 Å². The molecule has 0 spiro atoms. The zero-order valence-electron chi connectivity index (χ0n) is 13.5. The third-order valence-corrected chi connectivity index (χ3v) is 3.94. The van der Waals surface area contributed by atoms with Crippen molar-refractivity contribution in [2.45, 2.75) is 6.18 Å². The lowest BCUT2D eigenvalue weighted by atomic mass is 10.1. The van der Waals surface area contributed by atoms with Gasteiger partial charge in [-0.1, -0.05) is 29.3 Å². The molecule has 0 saturated heterocycles. The standard InChI is InChI=1S/C16H9Cl2F3N2O5/c17-11-5-4-8(23(26)27)6-9(11)15(25)28-7-13(24)22-14-10(16(19,20)21)2-1-3-12(14)18/h1-6H,7H2,(H,22,24). The molecule has 0 bridgehead atoms. The first-order valence-corrected chi connectivity index (χ1v) is 8.03. The number of para-hydroxylation sites is 1. The molecular weight excluding hydrogens is 428 g/mol. The number of anilines is 1. The maximum atomic E-state index is 13.0. The molecule has 7 nitrogen and oxygen atoms in total. The number of amides is 1. The van der Waals surface area contributed by atoms with Crippen molar-refractivity contribution < 1.29 is 32.4 Å². The van der Waals surface area contributed by atoms with E-state index in [1.54, 1.807) is 0 Å². The first-order chi connectivity index (χ1) is 13.0. The predicted octanol–water partition coefficient (Wildman–Crippen LogP) is 4.72. The Morgan fingerprint density at radius 2 is 1.82 bits per heavy atom. The van der Waals surface area contributed by atoms with Crippen LogP contribution >= 0.6 is 23.2 Å². The van der Waals surface area contributed by atoms with Crippen molar-refractivity contribution in [1.29, 1.82) is 0 Å². The van der Waals surface area contributed by atoms with Crippen LogP contribution in [-0.4, -0.2) is 23.4 Å². The topological polar surface area (TPSA) is 98.5 Å². The molecule has 2 aromatic carbocycles. The monoisotopic (exact) mass is 436 g/mol. The lowest BCUT2D eigenvalue weighted by Crippen LogP contribution is -2.23. The SMILES string of the molecule is O=C(COC(=O)c1cc([N+](=O)[O-])ccc1Cl)Nc1c(Cl)cccc1C(F)(F)F. The molecule has 12 heteroatoms. The quantitative estimate of drug-likeness (QED) is 0.415. The molecule has 0 aliphatic heterocycles. The highest BCUT2D eigenvalue weighted by molar-refractivity contribution is 6.34. The zero-order chi connectivity index (χ0) is 21.1. The second-order valence-electron chi connectivity index (χ2n) is 5.21. The van der Waals surface area contributed by atoms with Gasteiger partial charge in [0.15, 0.2) is 6.61 Å². The Hall–Kier alpha value is -2.85. The van der Waals surface area contributed by atoms with E-state index in [9.17, 15) is 32.9 Å². The molecule has 0 saturated carbocycles. The summed E-state index contributed by atoms with van der Waals surface area (Å²) in [6.07, 6.45) is -4.78. The van der Waals surface area contributed by atoms with Crippen LogP contribution in [-0.2, 0) is 15.7 Å². The zero-order valence-corrected chi connectivity index (χ0v) is 15.1. The van der Waals surface area contributed by atoms with Crippen LogP contribution in [0.2, 0.25) is 10.0 Å². The number of nitro groups is 1. The Bertz CT molecular complexity index is 950. The number of nitro benzene ring substituents is 1. The van der Waals surface area contributed by atoms with Gasteiger partial charge in [0.25, 0.3) is 11.6 Å². The molecule has 0 aliphatic rings. The van der Waals surface area contributed by atoms with Crippen molar-refractivity contribution in [3.63, 3.8) is 0 Å². The largest absolute Gasteiger partial charge is 0.452 e. The fraction of sp³-hybridized carbons (Fsp3) is 0.125. The van der Waals surface area contributed by atoms with E-state index in [4.69, 9.17) is 23.2 Å². The first-order valence-electron chi connectivity index (χ1n) is 7.27. The van der Waals surface area contributed by atoms with Gasteiger partial charge in [-0.15, -0.1) is 0 Å². The average molecular weight is 437 g/mol. The van der Waals surface area contributed by atoms with E-state index in [0.717, 1.165) is 36.4 Å². The van der Waals surface area contributed by atoms with E-state index in [1.165, 1.54) is 0 Å². The van der Waals surface area contributed by atoms with Crippen molar-refractivity contribution in [1.82, 2.24) is 0 Å². The number of rotatable bonds is 5. The van der Waals surface area contributed by atoms with E-state index in [1.807, 2.05) is 5.32 Å². The highest BCUT2D eigenvalue weighted by atomic mass is 35.5. The molecule has 1 N–H and O–H groups in total. The minimum Gasteiger partial charge on any atom is -0.452 e. The van der Waals surface area contributed by atoms with Gasteiger partial charge in [0.1, 0.15) is 0 Å². The summed E-state index contributed by atoms with van der Waals surface area (Å²) in [4.78, 5) is 33.8. The Morgan fingerprint density at radius 1 is 1.14 bits per heavy atom. The van der Waals surface area contributed by atoms with Gasteiger partial charge < -0.3 is 10.1 Å². The number of ether oxygens (including phenoxy) is 1. The summed E-state index contributed by atoms with van der Waals surface area (Å²) < 4.78 is 43.7. The Balaban J connectivity index is 2.11. The summed E-state index contributed by atoms with van der Waals surface area (Å²) >= 11 is 11.5. The second kappa shape index (κ2) is 8.44. The number of hydrogen-bond acceptors (Lipinski definition) is 5. The van der Waals surface area contributed by atoms with Gasteiger partial charge in [0, 0.05) is 12.1 Å². The lowest BCUT2D eigenvalue weighted by molar-refractivity contribution is -0.384. The molecule has 0 fully saturated rings. The Labute approximate surface area is 165 Å². The van der Waals surface area contributed by atoms with E-state index in [-0.39, 0.29) is 15.6 Å². The third kappa shape index (κ3) is 5.11. The van der Waals surface area contributed by atoms with Crippen LogP contribution < -0.4 is 5.32 Å². The maximum absolute atomic E-state index is 13.0. The number of halogens is 5. The van der Waals surface area contributed by atoms with E-state index in [0.29, 0.717) is 0 Å². The van der Waals surface area contributed by atoms with Gasteiger partial charge in [-0.3, -0.25) is 14.9 Å². The maximum Gasteiger partial charge on any atom is 0.418 e. The molecule has 0 aromatic heterocycles. The predicted molar refractivity (Wildman–Crippen MR) is 93.5 cm³/mol. The number of hydrogen-bond donors (Lipinski definition) is 1. The molecule has 0 radical (unpaired) electrons. The lowest BCUT2D eigenvalue weighted by Gasteiger charge is -2.15. The van der Waals surface area contributed by atoms with E-state index >= 15 is 0 Å². The fourth-order valence-electron chi connectivity index (χ4n) is 2.06. The fourth-order valence-corrected chi connectivity index (χ4v) is 2.47. The Kier molecular flexibility index (Phi) is 6.47. The van der Waals surface area contributed by atoms with Crippen LogP contribution in [0.3, 0.4) is 0 Å². The number of alkyl halides is 3. The molecule has 0 heterocycles. The molecular formula is C16H9Cl2F3N2O5. The van der Waals surface area contributed by atoms with Gasteiger partial charge >= 0.3 is 12.1 Å².